The van der Waals surface area contributed by atoms with E-state index in [4.69, 9.17) is 13.3 Å². The number of fused-ring (bicyclic) bond motifs is 18. The Hall–Kier alpha value is -10.6. The van der Waals surface area contributed by atoms with E-state index in [9.17, 15) is 11.8 Å². The van der Waals surface area contributed by atoms with Crippen molar-refractivity contribution < 1.29 is 13.3 Å². The second-order valence-electron chi connectivity index (χ2n) is 19.2. The molecule has 0 fully saturated rings. The highest BCUT2D eigenvalue weighted by Gasteiger charge is 2.34. The van der Waals surface area contributed by atoms with E-state index in [1.165, 1.54) is 0 Å². The van der Waals surface area contributed by atoms with Gasteiger partial charge in [-0.15, -0.1) is 0 Å². The molecule has 0 aliphatic carbocycles. The van der Waals surface area contributed by atoms with Gasteiger partial charge in [-0.2, -0.15) is 5.26 Å². The van der Waals surface area contributed by atoms with Gasteiger partial charge in [0, 0.05) is 65.0 Å². The van der Waals surface area contributed by atoms with Crippen LogP contribution >= 0.6 is 0 Å². The lowest BCUT2D eigenvalue weighted by atomic mass is 9.88. The molecule has 5 heterocycles. The Morgan fingerprint density at radius 2 is 0.787 bits per heavy atom. The molecular formula is C68H36N4O3. The molecule has 0 unspecified atom stereocenters. The fourth-order valence-electron chi connectivity index (χ4n) is 12.2. The zero-order chi connectivity index (χ0) is 49.5. The lowest BCUT2D eigenvalue weighted by molar-refractivity contribution is 0.669. The summed E-state index contributed by atoms with van der Waals surface area (Å²) >= 11 is 0. The first-order valence-electron chi connectivity index (χ1n) is 24.9. The Morgan fingerprint density at radius 3 is 1.35 bits per heavy atom. The predicted molar refractivity (Wildman–Crippen MR) is 304 cm³/mol. The van der Waals surface area contributed by atoms with Gasteiger partial charge < -0.3 is 22.4 Å². The molecule has 0 spiro atoms. The second kappa shape index (κ2) is 15.5. The maximum absolute atomic E-state index is 12.1. The predicted octanol–water partition coefficient (Wildman–Crippen LogP) is 19.0. The molecule has 16 rings (SSSR count). The van der Waals surface area contributed by atoms with Crippen LogP contribution in [0.4, 0.5) is 5.69 Å². The summed E-state index contributed by atoms with van der Waals surface area (Å²) in [5.74, 6) is 0. The van der Waals surface area contributed by atoms with Gasteiger partial charge in [-0.1, -0.05) is 170 Å². The molecule has 0 bridgehead atoms. The van der Waals surface area contributed by atoms with Crippen molar-refractivity contribution in [2.75, 3.05) is 0 Å². The Morgan fingerprint density at radius 1 is 0.360 bits per heavy atom. The van der Waals surface area contributed by atoms with Crippen molar-refractivity contribution in [3.05, 3.63) is 235 Å². The highest BCUT2D eigenvalue weighted by atomic mass is 16.3. The van der Waals surface area contributed by atoms with Crippen molar-refractivity contribution in [3.63, 3.8) is 0 Å². The third kappa shape index (κ3) is 5.61. The molecular weight excluding hydrogens is 921 g/mol. The summed E-state index contributed by atoms with van der Waals surface area (Å²) in [7, 11) is 0. The molecule has 0 aliphatic heterocycles. The number of rotatable bonds is 5. The van der Waals surface area contributed by atoms with Crippen LogP contribution in [-0.4, -0.2) is 9.13 Å². The van der Waals surface area contributed by atoms with E-state index < -0.39 is 0 Å². The average molecular weight is 957 g/mol. The first kappa shape index (κ1) is 41.1. The van der Waals surface area contributed by atoms with E-state index in [-0.39, 0.29) is 0 Å². The number of hydrogen-bond donors (Lipinski definition) is 0. The average Bonchev–Trinajstić information content (AvgIpc) is 4.42. The van der Waals surface area contributed by atoms with Gasteiger partial charge in [0.2, 0.25) is 5.69 Å². The molecule has 0 aliphatic rings. The van der Waals surface area contributed by atoms with E-state index in [0.717, 1.165) is 115 Å². The van der Waals surface area contributed by atoms with Crippen molar-refractivity contribution in [1.29, 1.82) is 5.26 Å². The highest BCUT2D eigenvalue weighted by molar-refractivity contribution is 6.28. The minimum Gasteiger partial charge on any atom is -0.454 e. The molecule has 11 aromatic carbocycles. The monoisotopic (exact) mass is 956 g/mol. The molecule has 0 atom stereocenters. The minimum atomic E-state index is 0.309. The van der Waals surface area contributed by atoms with E-state index in [1.807, 2.05) is 109 Å². The van der Waals surface area contributed by atoms with Gasteiger partial charge in [-0.3, -0.25) is 0 Å². The van der Waals surface area contributed by atoms with Gasteiger partial charge >= 0.3 is 0 Å². The van der Waals surface area contributed by atoms with Crippen LogP contribution in [0.15, 0.2) is 232 Å². The van der Waals surface area contributed by atoms with Crippen molar-refractivity contribution in [2.24, 2.45) is 0 Å². The maximum atomic E-state index is 12.1. The Balaban J connectivity index is 1.18. The van der Waals surface area contributed by atoms with E-state index in [2.05, 4.69) is 129 Å². The first-order chi connectivity index (χ1) is 37.2. The minimum absolute atomic E-state index is 0.309. The van der Waals surface area contributed by atoms with Gasteiger partial charge in [0.15, 0.2) is 16.7 Å². The fraction of sp³-hybridized carbons (Fsp3) is 0. The lowest BCUT2D eigenvalue weighted by Crippen LogP contribution is -2.09. The van der Waals surface area contributed by atoms with Crippen LogP contribution in [0.25, 0.3) is 159 Å². The number of nitrogens with zero attached hydrogens (tertiary/aromatic N) is 4. The normalized spacial score (nSPS) is 12.0. The largest absolute Gasteiger partial charge is 0.454 e. The van der Waals surface area contributed by atoms with Crippen LogP contribution in [-0.2, 0) is 0 Å². The Labute approximate surface area is 426 Å². The molecule has 0 radical (unpaired) electrons. The first-order valence-corrected chi connectivity index (χ1v) is 24.9. The third-order valence-corrected chi connectivity index (χ3v) is 15.4. The van der Waals surface area contributed by atoms with E-state index >= 15 is 0 Å². The number of benzene rings is 11. The summed E-state index contributed by atoms with van der Waals surface area (Å²) in [6, 6.07) is 77.2. The van der Waals surface area contributed by atoms with Crippen LogP contribution in [0.3, 0.4) is 0 Å². The number of furan rings is 3. The smallest absolute Gasteiger partial charge is 0.220 e. The number of aromatic nitrogens is 2. The topological polar surface area (TPSA) is 77.4 Å². The fourth-order valence-corrected chi connectivity index (χ4v) is 12.2. The summed E-state index contributed by atoms with van der Waals surface area (Å²) in [4.78, 5) is 4.60. The van der Waals surface area contributed by atoms with Gasteiger partial charge in [-0.05, 0) is 70.8 Å². The van der Waals surface area contributed by atoms with Crippen LogP contribution in [0, 0.1) is 17.9 Å². The van der Waals surface area contributed by atoms with Gasteiger partial charge in [-0.25, -0.2) is 4.85 Å². The standard InChI is InChI=1S/C68H36N4O3/c1-70-60-58(40-19-7-3-8-20-40)53(38-69)61(71-54-26-14-11-23-43(54)47-31-34-52-46-30-29-42(39-17-5-2-6-18-39)37-57(46)75-66(52)62(47)71)59(41-21-9-4-10-22-41)65(60)72-63-48(32-35-50-44-24-12-15-27-55(44)73-67(50)63)49-33-36-51-45-25-13-16-28-56(45)74-68(51)64(49)72/h2-37H. The molecule has 5 aromatic heterocycles. The van der Waals surface area contributed by atoms with Gasteiger partial charge in [0.1, 0.15) is 22.8 Å². The van der Waals surface area contributed by atoms with Crippen molar-refractivity contribution in [3.8, 4) is 50.8 Å². The summed E-state index contributed by atoms with van der Waals surface area (Å²) in [5, 5.41) is 21.7. The quantitative estimate of drug-likeness (QED) is 0.161. The number of nitriles is 1. The molecule has 16 aromatic rings. The molecule has 0 saturated heterocycles. The zero-order valence-electron chi connectivity index (χ0n) is 39.8. The third-order valence-electron chi connectivity index (χ3n) is 15.4. The summed E-state index contributed by atoms with van der Waals surface area (Å²) in [5.41, 5.74) is 14.2. The summed E-state index contributed by atoms with van der Waals surface area (Å²) < 4.78 is 25.7. The molecule has 346 valence electrons. The SMILES string of the molecule is [C-]#[N+]c1c(-c2ccccc2)c(C#N)c(-n2c3ccccc3c3ccc4c5ccc(-c6ccccc6)cc5oc4c32)c(-c2ccccc2)c1-n1c2c(ccc3c4ccccc4oc32)c2ccc3c4ccccc4oc3c21. The van der Waals surface area contributed by atoms with Crippen molar-refractivity contribution >= 4 is 115 Å². The van der Waals surface area contributed by atoms with Crippen LogP contribution < -0.4 is 0 Å². The van der Waals surface area contributed by atoms with Crippen molar-refractivity contribution in [2.45, 2.75) is 0 Å². The molecule has 75 heavy (non-hydrogen) atoms. The molecule has 7 heteroatoms. The zero-order valence-corrected chi connectivity index (χ0v) is 39.8. The van der Waals surface area contributed by atoms with Crippen molar-refractivity contribution in [1.82, 2.24) is 9.13 Å². The summed E-state index contributed by atoms with van der Waals surface area (Å²) in [6.45, 7) is 9.52. The number of para-hydroxylation sites is 3. The Bertz CT molecular complexity index is 5070. The second-order valence-corrected chi connectivity index (χ2v) is 19.2. The molecule has 7 nitrogen and oxygen atoms in total. The van der Waals surface area contributed by atoms with Crippen LogP contribution in [0.1, 0.15) is 5.56 Å². The van der Waals surface area contributed by atoms with E-state index in [1.54, 1.807) is 0 Å². The van der Waals surface area contributed by atoms with Gasteiger partial charge in [0.25, 0.3) is 0 Å². The molecule has 0 N–H and O–H groups in total. The molecule has 0 amide bonds. The molecule has 0 saturated carbocycles. The Kier molecular flexibility index (Phi) is 8.46. The maximum Gasteiger partial charge on any atom is 0.220 e. The number of hydrogen-bond acceptors (Lipinski definition) is 4. The van der Waals surface area contributed by atoms with Gasteiger partial charge in [0.05, 0.1) is 45.6 Å². The van der Waals surface area contributed by atoms with Crippen LogP contribution in [0.2, 0.25) is 0 Å². The van der Waals surface area contributed by atoms with E-state index in [0.29, 0.717) is 50.5 Å². The van der Waals surface area contributed by atoms with Crippen LogP contribution in [0.5, 0.6) is 0 Å². The summed E-state index contributed by atoms with van der Waals surface area (Å²) in [6.07, 6.45) is 0. The highest BCUT2D eigenvalue weighted by Crippen LogP contribution is 2.55. The lowest BCUT2D eigenvalue weighted by Gasteiger charge is -2.25.